The van der Waals surface area contributed by atoms with Crippen molar-refractivity contribution in [3.05, 3.63) is 95.2 Å². The van der Waals surface area contributed by atoms with E-state index in [0.717, 1.165) is 13.0 Å². The van der Waals surface area contributed by atoms with Gasteiger partial charge in [-0.2, -0.15) is 0 Å². The Morgan fingerprint density at radius 3 is 2.58 bits per heavy atom. The highest BCUT2D eigenvalue weighted by atomic mass is 15.1. The fourth-order valence-electron chi connectivity index (χ4n) is 4.60. The SMILES string of the molecule is C=C/C(=C\C1=C(C)c2ccccc2C1(C)C)N1CCCc2ccccc21. The average Bonchev–Trinajstić information content (AvgIpc) is 2.86. The zero-order valence-corrected chi connectivity index (χ0v) is 16.0. The van der Waals surface area contributed by atoms with E-state index < -0.39 is 0 Å². The van der Waals surface area contributed by atoms with Crippen LogP contribution < -0.4 is 4.90 Å². The number of hydrogen-bond donors (Lipinski definition) is 0. The van der Waals surface area contributed by atoms with Gasteiger partial charge in [0.05, 0.1) is 0 Å². The van der Waals surface area contributed by atoms with Crippen LogP contribution in [-0.2, 0) is 11.8 Å². The lowest BCUT2D eigenvalue weighted by Crippen LogP contribution is -2.28. The van der Waals surface area contributed by atoms with E-state index in [4.69, 9.17) is 0 Å². The summed E-state index contributed by atoms with van der Waals surface area (Å²) in [6, 6.07) is 17.6. The van der Waals surface area contributed by atoms with E-state index in [-0.39, 0.29) is 5.41 Å². The fourth-order valence-corrected chi connectivity index (χ4v) is 4.60. The molecular formula is C25H27N. The lowest BCUT2D eigenvalue weighted by atomic mass is 9.80. The monoisotopic (exact) mass is 341 g/mol. The molecule has 2 aliphatic rings. The Kier molecular flexibility index (Phi) is 4.11. The van der Waals surface area contributed by atoms with Crippen LogP contribution in [0, 0.1) is 0 Å². The molecule has 4 rings (SSSR count). The molecule has 0 saturated carbocycles. The summed E-state index contributed by atoms with van der Waals surface area (Å²) < 4.78 is 0. The van der Waals surface area contributed by atoms with E-state index in [1.165, 1.54) is 45.6 Å². The molecule has 1 heteroatoms. The molecule has 0 radical (unpaired) electrons. The zero-order chi connectivity index (χ0) is 18.3. The quantitative estimate of drug-likeness (QED) is 0.594. The predicted molar refractivity (Wildman–Crippen MR) is 112 cm³/mol. The third-order valence-electron chi connectivity index (χ3n) is 6.01. The first kappa shape index (κ1) is 16.9. The van der Waals surface area contributed by atoms with E-state index >= 15 is 0 Å². The average molecular weight is 341 g/mol. The minimum atomic E-state index is 0.0181. The van der Waals surface area contributed by atoms with Crippen molar-refractivity contribution < 1.29 is 0 Å². The highest BCUT2D eigenvalue weighted by Crippen LogP contribution is 2.47. The second kappa shape index (κ2) is 6.32. The molecule has 0 amide bonds. The van der Waals surface area contributed by atoms with Gasteiger partial charge < -0.3 is 4.90 Å². The Labute approximate surface area is 157 Å². The van der Waals surface area contributed by atoms with Gasteiger partial charge in [-0.15, -0.1) is 0 Å². The Bertz CT molecular complexity index is 927. The Hall–Kier alpha value is -2.54. The van der Waals surface area contributed by atoms with E-state index in [1.807, 2.05) is 6.08 Å². The van der Waals surface area contributed by atoms with E-state index in [2.05, 4.69) is 86.9 Å². The van der Waals surface area contributed by atoms with Crippen LogP contribution in [0.15, 0.2) is 78.5 Å². The summed E-state index contributed by atoms with van der Waals surface area (Å²) in [5.41, 5.74) is 9.57. The van der Waals surface area contributed by atoms with Gasteiger partial charge in [0.15, 0.2) is 0 Å². The first-order chi connectivity index (χ1) is 12.5. The van der Waals surface area contributed by atoms with Crippen molar-refractivity contribution in [3.8, 4) is 0 Å². The molecule has 1 aliphatic carbocycles. The van der Waals surface area contributed by atoms with Crippen molar-refractivity contribution in [1.82, 2.24) is 0 Å². The molecule has 0 atom stereocenters. The third-order valence-corrected chi connectivity index (χ3v) is 6.01. The molecule has 2 aromatic carbocycles. The van der Waals surface area contributed by atoms with Crippen LogP contribution in [-0.4, -0.2) is 6.54 Å². The number of allylic oxidation sites excluding steroid dienone is 4. The molecular weight excluding hydrogens is 314 g/mol. The lowest BCUT2D eigenvalue weighted by molar-refractivity contribution is 0.652. The molecule has 0 saturated heterocycles. The van der Waals surface area contributed by atoms with Crippen molar-refractivity contribution in [2.75, 3.05) is 11.4 Å². The van der Waals surface area contributed by atoms with Gasteiger partial charge in [-0.1, -0.05) is 62.9 Å². The summed E-state index contributed by atoms with van der Waals surface area (Å²) in [5.74, 6) is 0. The molecule has 26 heavy (non-hydrogen) atoms. The summed E-state index contributed by atoms with van der Waals surface area (Å²) in [5, 5.41) is 0. The van der Waals surface area contributed by atoms with Crippen LogP contribution in [0.3, 0.4) is 0 Å². The fraction of sp³-hybridized carbons (Fsp3) is 0.280. The highest BCUT2D eigenvalue weighted by Gasteiger charge is 2.35. The van der Waals surface area contributed by atoms with E-state index in [9.17, 15) is 0 Å². The third kappa shape index (κ3) is 2.54. The molecule has 0 fully saturated rings. The lowest BCUT2D eigenvalue weighted by Gasteiger charge is -2.33. The number of rotatable bonds is 3. The van der Waals surface area contributed by atoms with Gasteiger partial charge in [0.2, 0.25) is 0 Å². The van der Waals surface area contributed by atoms with Crippen LogP contribution >= 0.6 is 0 Å². The first-order valence-corrected chi connectivity index (χ1v) is 9.55. The van der Waals surface area contributed by atoms with Crippen molar-refractivity contribution in [3.63, 3.8) is 0 Å². The molecule has 0 N–H and O–H groups in total. The van der Waals surface area contributed by atoms with Crippen LogP contribution in [0.4, 0.5) is 5.69 Å². The Balaban J connectivity index is 1.81. The zero-order valence-electron chi connectivity index (χ0n) is 16.0. The maximum atomic E-state index is 4.14. The molecule has 0 bridgehead atoms. The maximum Gasteiger partial charge on any atom is 0.0443 e. The van der Waals surface area contributed by atoms with Gasteiger partial charge in [0, 0.05) is 23.3 Å². The first-order valence-electron chi connectivity index (χ1n) is 9.55. The minimum absolute atomic E-state index is 0.0181. The van der Waals surface area contributed by atoms with Gasteiger partial charge in [-0.25, -0.2) is 0 Å². The smallest absolute Gasteiger partial charge is 0.0443 e. The number of hydrogen-bond acceptors (Lipinski definition) is 1. The summed E-state index contributed by atoms with van der Waals surface area (Å²) in [7, 11) is 0. The van der Waals surface area contributed by atoms with E-state index in [0.29, 0.717) is 0 Å². The molecule has 0 aromatic heterocycles. The normalized spacial score (nSPS) is 18.6. The van der Waals surface area contributed by atoms with Crippen LogP contribution in [0.2, 0.25) is 0 Å². The van der Waals surface area contributed by atoms with Crippen molar-refractivity contribution in [1.29, 1.82) is 0 Å². The van der Waals surface area contributed by atoms with Crippen LogP contribution in [0.1, 0.15) is 43.9 Å². The number of nitrogens with zero attached hydrogens (tertiary/aromatic N) is 1. The van der Waals surface area contributed by atoms with Gasteiger partial charge in [-0.3, -0.25) is 0 Å². The van der Waals surface area contributed by atoms with Crippen molar-refractivity contribution in [2.24, 2.45) is 0 Å². The van der Waals surface area contributed by atoms with Crippen LogP contribution in [0.25, 0.3) is 5.57 Å². The highest BCUT2D eigenvalue weighted by molar-refractivity contribution is 5.81. The van der Waals surface area contributed by atoms with E-state index in [1.54, 1.807) is 0 Å². The Morgan fingerprint density at radius 2 is 1.81 bits per heavy atom. The standard InChI is InChI=1S/C25H27N/c1-5-20(26-16-10-12-19-11-6-9-15-24(19)26)17-23-18(2)21-13-7-8-14-22(21)25(23,3)4/h5-9,11,13-15,17H,1,10,12,16H2,2-4H3/b20-17+. The summed E-state index contributed by atoms with van der Waals surface area (Å²) in [4.78, 5) is 2.44. The van der Waals surface area contributed by atoms with Gasteiger partial charge in [0.25, 0.3) is 0 Å². The van der Waals surface area contributed by atoms with Crippen molar-refractivity contribution >= 4 is 11.3 Å². The number of fused-ring (bicyclic) bond motifs is 2. The second-order valence-electron chi connectivity index (χ2n) is 7.87. The van der Waals surface area contributed by atoms with Gasteiger partial charge >= 0.3 is 0 Å². The predicted octanol–water partition coefficient (Wildman–Crippen LogP) is 6.27. The molecule has 1 nitrogen and oxygen atoms in total. The van der Waals surface area contributed by atoms with Crippen molar-refractivity contribution in [2.45, 2.75) is 39.0 Å². The number of aryl methyl sites for hydroxylation is 1. The summed E-state index contributed by atoms with van der Waals surface area (Å²) >= 11 is 0. The second-order valence-corrected chi connectivity index (χ2v) is 7.87. The minimum Gasteiger partial charge on any atom is -0.341 e. The molecule has 0 unspecified atom stereocenters. The summed E-state index contributed by atoms with van der Waals surface area (Å²) in [6.07, 6.45) is 6.73. The summed E-state index contributed by atoms with van der Waals surface area (Å²) in [6.45, 7) is 12.1. The molecule has 1 heterocycles. The number of benzene rings is 2. The molecule has 132 valence electrons. The molecule has 2 aromatic rings. The van der Waals surface area contributed by atoms with Gasteiger partial charge in [-0.05, 0) is 65.8 Å². The maximum absolute atomic E-state index is 4.14. The Morgan fingerprint density at radius 1 is 1.08 bits per heavy atom. The molecule has 0 spiro atoms. The largest absolute Gasteiger partial charge is 0.341 e. The van der Waals surface area contributed by atoms with Crippen LogP contribution in [0.5, 0.6) is 0 Å². The number of anilines is 1. The topological polar surface area (TPSA) is 3.24 Å². The number of para-hydroxylation sites is 1. The van der Waals surface area contributed by atoms with Gasteiger partial charge in [0.1, 0.15) is 0 Å². The molecule has 1 aliphatic heterocycles.